The standard InChI is InChI=1S/C8H11Cl2N3O/c9-6-3-12-4-7(10)8(6)13-2-5(14)1-11/h3-5,14H,1-2,11H2,(H,12,13). The van der Waals surface area contributed by atoms with Gasteiger partial charge >= 0.3 is 0 Å². The van der Waals surface area contributed by atoms with E-state index in [4.69, 9.17) is 28.9 Å². The van der Waals surface area contributed by atoms with Crippen molar-refractivity contribution in [1.82, 2.24) is 4.98 Å². The Balaban J connectivity index is 2.66. The van der Waals surface area contributed by atoms with Gasteiger partial charge in [0.05, 0.1) is 21.8 Å². The van der Waals surface area contributed by atoms with Crippen molar-refractivity contribution in [1.29, 1.82) is 0 Å². The van der Waals surface area contributed by atoms with E-state index >= 15 is 0 Å². The first-order valence-corrected chi connectivity index (χ1v) is 4.81. The van der Waals surface area contributed by atoms with Gasteiger partial charge in [-0.15, -0.1) is 0 Å². The number of hydrogen-bond acceptors (Lipinski definition) is 4. The second-order valence-electron chi connectivity index (χ2n) is 2.75. The van der Waals surface area contributed by atoms with Crippen molar-refractivity contribution in [3.8, 4) is 0 Å². The summed E-state index contributed by atoms with van der Waals surface area (Å²) in [6, 6.07) is 0. The molecule has 0 saturated heterocycles. The fourth-order valence-corrected chi connectivity index (χ4v) is 1.38. The number of aliphatic hydroxyl groups excluding tert-OH is 1. The molecule has 0 aliphatic carbocycles. The maximum Gasteiger partial charge on any atom is 0.0836 e. The van der Waals surface area contributed by atoms with Gasteiger partial charge in [0.15, 0.2) is 0 Å². The van der Waals surface area contributed by atoms with Crippen LogP contribution in [0, 0.1) is 0 Å². The summed E-state index contributed by atoms with van der Waals surface area (Å²) in [7, 11) is 0. The van der Waals surface area contributed by atoms with Crippen LogP contribution in [0.1, 0.15) is 0 Å². The monoisotopic (exact) mass is 235 g/mol. The number of aliphatic hydroxyl groups is 1. The van der Waals surface area contributed by atoms with E-state index in [2.05, 4.69) is 10.3 Å². The lowest BCUT2D eigenvalue weighted by Gasteiger charge is -2.12. The largest absolute Gasteiger partial charge is 0.390 e. The molecule has 1 aromatic heterocycles. The second kappa shape index (κ2) is 5.36. The van der Waals surface area contributed by atoms with Gasteiger partial charge in [0.2, 0.25) is 0 Å². The first-order chi connectivity index (χ1) is 6.65. The van der Waals surface area contributed by atoms with Crippen LogP contribution in [0.25, 0.3) is 0 Å². The van der Waals surface area contributed by atoms with Crippen molar-refractivity contribution in [3.63, 3.8) is 0 Å². The van der Waals surface area contributed by atoms with Crippen LogP contribution < -0.4 is 11.1 Å². The van der Waals surface area contributed by atoms with E-state index in [0.717, 1.165) is 0 Å². The Hall–Kier alpha value is -0.550. The van der Waals surface area contributed by atoms with Gasteiger partial charge in [-0.1, -0.05) is 23.2 Å². The zero-order valence-corrected chi connectivity index (χ0v) is 8.89. The molecule has 0 aromatic carbocycles. The first kappa shape index (κ1) is 11.5. The average molecular weight is 236 g/mol. The number of nitrogens with zero attached hydrogens (tertiary/aromatic N) is 1. The highest BCUT2D eigenvalue weighted by molar-refractivity contribution is 6.38. The third-order valence-corrected chi connectivity index (χ3v) is 2.21. The Morgan fingerprint density at radius 3 is 2.50 bits per heavy atom. The van der Waals surface area contributed by atoms with Crippen molar-refractivity contribution in [2.24, 2.45) is 5.73 Å². The molecule has 78 valence electrons. The number of nitrogens with two attached hydrogens (primary N) is 1. The Morgan fingerprint density at radius 2 is 2.00 bits per heavy atom. The van der Waals surface area contributed by atoms with Crippen molar-refractivity contribution >= 4 is 28.9 Å². The van der Waals surface area contributed by atoms with Crippen LogP contribution in [0.4, 0.5) is 5.69 Å². The highest BCUT2D eigenvalue weighted by Crippen LogP contribution is 2.28. The van der Waals surface area contributed by atoms with Crippen LogP contribution in [-0.4, -0.2) is 29.3 Å². The molecule has 1 rings (SSSR count). The Kier molecular flexibility index (Phi) is 4.41. The van der Waals surface area contributed by atoms with Gasteiger partial charge in [0, 0.05) is 25.5 Å². The predicted octanol–water partition coefficient (Wildman–Crippen LogP) is 1.12. The van der Waals surface area contributed by atoms with Crippen molar-refractivity contribution in [2.75, 3.05) is 18.4 Å². The lowest BCUT2D eigenvalue weighted by molar-refractivity contribution is 0.196. The van der Waals surface area contributed by atoms with Crippen LogP contribution in [-0.2, 0) is 0 Å². The van der Waals surface area contributed by atoms with Crippen LogP contribution >= 0.6 is 23.2 Å². The Labute approximate surface area is 92.0 Å². The van der Waals surface area contributed by atoms with E-state index in [0.29, 0.717) is 22.3 Å². The number of halogens is 2. The maximum atomic E-state index is 9.21. The third-order valence-electron chi connectivity index (χ3n) is 1.64. The molecular formula is C8H11Cl2N3O. The molecule has 1 atom stereocenters. The van der Waals surface area contributed by atoms with E-state index < -0.39 is 6.10 Å². The SMILES string of the molecule is NCC(O)CNc1c(Cl)cncc1Cl. The van der Waals surface area contributed by atoms with Gasteiger partial charge < -0.3 is 16.2 Å². The molecule has 0 amide bonds. The summed E-state index contributed by atoms with van der Waals surface area (Å²) in [5.41, 5.74) is 5.81. The number of rotatable bonds is 4. The number of aromatic nitrogens is 1. The lowest BCUT2D eigenvalue weighted by atomic mass is 10.3. The minimum atomic E-state index is -0.615. The zero-order valence-electron chi connectivity index (χ0n) is 7.37. The average Bonchev–Trinajstić information content (AvgIpc) is 2.16. The maximum absolute atomic E-state index is 9.21. The lowest BCUT2D eigenvalue weighted by Crippen LogP contribution is -2.27. The van der Waals surface area contributed by atoms with Gasteiger partial charge in [0.1, 0.15) is 0 Å². The number of nitrogens with one attached hydrogen (secondary N) is 1. The number of hydrogen-bond donors (Lipinski definition) is 3. The van der Waals surface area contributed by atoms with Crippen molar-refractivity contribution in [3.05, 3.63) is 22.4 Å². The minimum Gasteiger partial charge on any atom is -0.390 e. The Morgan fingerprint density at radius 1 is 1.43 bits per heavy atom. The first-order valence-electron chi connectivity index (χ1n) is 4.06. The normalized spacial score (nSPS) is 12.6. The zero-order chi connectivity index (χ0) is 10.6. The van der Waals surface area contributed by atoms with E-state index in [1.54, 1.807) is 0 Å². The van der Waals surface area contributed by atoms with Gasteiger partial charge in [-0.05, 0) is 0 Å². The molecule has 0 radical (unpaired) electrons. The van der Waals surface area contributed by atoms with Crippen molar-refractivity contribution in [2.45, 2.75) is 6.10 Å². The summed E-state index contributed by atoms with van der Waals surface area (Å²) in [5.74, 6) is 0. The highest BCUT2D eigenvalue weighted by atomic mass is 35.5. The molecule has 0 aliphatic heterocycles. The second-order valence-corrected chi connectivity index (χ2v) is 3.56. The topological polar surface area (TPSA) is 71.2 Å². The van der Waals surface area contributed by atoms with E-state index in [1.165, 1.54) is 12.4 Å². The quantitative estimate of drug-likeness (QED) is 0.732. The summed E-state index contributed by atoms with van der Waals surface area (Å²) >= 11 is 11.7. The number of anilines is 1. The van der Waals surface area contributed by atoms with E-state index in [1.807, 2.05) is 0 Å². The van der Waals surface area contributed by atoms with E-state index in [9.17, 15) is 5.11 Å². The summed E-state index contributed by atoms with van der Waals surface area (Å²) in [6.07, 6.45) is 2.34. The van der Waals surface area contributed by atoms with Gasteiger partial charge in [-0.3, -0.25) is 4.98 Å². The number of pyridine rings is 1. The summed E-state index contributed by atoms with van der Waals surface area (Å²) in [6.45, 7) is 0.493. The van der Waals surface area contributed by atoms with Crippen LogP contribution in [0.15, 0.2) is 12.4 Å². The fraction of sp³-hybridized carbons (Fsp3) is 0.375. The molecule has 0 spiro atoms. The molecule has 4 nitrogen and oxygen atoms in total. The highest BCUT2D eigenvalue weighted by Gasteiger charge is 2.07. The summed E-state index contributed by atoms with van der Waals surface area (Å²) in [4.78, 5) is 3.80. The molecule has 4 N–H and O–H groups in total. The summed E-state index contributed by atoms with van der Waals surface area (Å²) in [5, 5.41) is 12.9. The molecule has 0 saturated carbocycles. The Bertz CT molecular complexity index is 288. The fourth-order valence-electron chi connectivity index (χ4n) is 0.883. The van der Waals surface area contributed by atoms with Crippen molar-refractivity contribution < 1.29 is 5.11 Å². The molecule has 1 heterocycles. The molecule has 0 aliphatic rings. The molecule has 1 unspecified atom stereocenters. The molecular weight excluding hydrogens is 225 g/mol. The summed E-state index contributed by atoms with van der Waals surface area (Å²) < 4.78 is 0. The van der Waals surface area contributed by atoms with Gasteiger partial charge in [0.25, 0.3) is 0 Å². The molecule has 0 bridgehead atoms. The van der Waals surface area contributed by atoms with E-state index in [-0.39, 0.29) is 6.54 Å². The predicted molar refractivity (Wildman–Crippen MR) is 57.8 cm³/mol. The molecule has 0 fully saturated rings. The van der Waals surface area contributed by atoms with Gasteiger partial charge in [-0.25, -0.2) is 0 Å². The molecule has 6 heteroatoms. The molecule has 1 aromatic rings. The van der Waals surface area contributed by atoms with Crippen LogP contribution in [0.3, 0.4) is 0 Å². The molecule has 14 heavy (non-hydrogen) atoms. The minimum absolute atomic E-state index is 0.188. The van der Waals surface area contributed by atoms with Crippen LogP contribution in [0.5, 0.6) is 0 Å². The third kappa shape index (κ3) is 2.99. The van der Waals surface area contributed by atoms with Crippen LogP contribution in [0.2, 0.25) is 10.0 Å². The smallest absolute Gasteiger partial charge is 0.0836 e. The van der Waals surface area contributed by atoms with Gasteiger partial charge in [-0.2, -0.15) is 0 Å².